The van der Waals surface area contributed by atoms with E-state index in [-0.39, 0.29) is 18.4 Å². The zero-order chi connectivity index (χ0) is 13.1. The molecule has 17 heavy (non-hydrogen) atoms. The summed E-state index contributed by atoms with van der Waals surface area (Å²) in [5, 5.41) is 8.99. The quantitative estimate of drug-likeness (QED) is 0.892. The summed E-state index contributed by atoms with van der Waals surface area (Å²) >= 11 is 0. The van der Waals surface area contributed by atoms with Gasteiger partial charge in [0.15, 0.2) is 6.61 Å². The van der Waals surface area contributed by atoms with E-state index < -0.39 is 12.8 Å². The Hall–Kier alpha value is -1.30. The van der Waals surface area contributed by atoms with Crippen molar-refractivity contribution in [2.75, 3.05) is 6.61 Å². The Morgan fingerprint density at radius 3 is 2.47 bits per heavy atom. The first kappa shape index (κ1) is 13.8. The summed E-state index contributed by atoms with van der Waals surface area (Å²) in [6.45, 7) is 2.07. The zero-order valence-electron chi connectivity index (χ0n) is 9.58. The number of pyridine rings is 1. The molecule has 0 saturated carbocycles. The van der Waals surface area contributed by atoms with Gasteiger partial charge >= 0.3 is 6.18 Å². The third-order valence-corrected chi connectivity index (χ3v) is 2.04. The van der Waals surface area contributed by atoms with Crippen LogP contribution in [0.5, 0.6) is 5.88 Å². The van der Waals surface area contributed by atoms with Gasteiger partial charge in [-0.3, -0.25) is 0 Å². The Morgan fingerprint density at radius 1 is 1.35 bits per heavy atom. The highest BCUT2D eigenvalue weighted by atomic mass is 19.4. The van der Waals surface area contributed by atoms with Gasteiger partial charge in [-0.25, -0.2) is 4.98 Å². The number of aliphatic hydroxyl groups excluding tert-OH is 1. The first-order valence-corrected chi connectivity index (χ1v) is 5.13. The molecule has 1 aromatic heterocycles. The number of ether oxygens (including phenoxy) is 1. The largest absolute Gasteiger partial charge is 0.468 e. The number of hydrogen-bond acceptors (Lipinski definition) is 3. The Morgan fingerprint density at radius 2 is 2.00 bits per heavy atom. The van der Waals surface area contributed by atoms with Crippen LogP contribution in [0.2, 0.25) is 0 Å². The summed E-state index contributed by atoms with van der Waals surface area (Å²) in [6.07, 6.45) is -4.39. The molecular weight excluding hydrogens is 235 g/mol. The summed E-state index contributed by atoms with van der Waals surface area (Å²) < 4.78 is 40.5. The lowest BCUT2D eigenvalue weighted by Gasteiger charge is -2.12. The molecule has 1 rings (SSSR count). The molecule has 3 nitrogen and oxygen atoms in total. The lowest BCUT2D eigenvalue weighted by Crippen LogP contribution is -2.20. The molecule has 1 aromatic rings. The molecule has 0 atom stereocenters. The van der Waals surface area contributed by atoms with E-state index in [1.54, 1.807) is 6.07 Å². The van der Waals surface area contributed by atoms with Crippen molar-refractivity contribution in [2.45, 2.75) is 32.5 Å². The second kappa shape index (κ2) is 5.35. The Balaban J connectivity index is 2.87. The number of aromatic nitrogens is 1. The molecule has 0 spiro atoms. The molecule has 1 heterocycles. The Labute approximate surface area is 97.2 Å². The normalized spacial score (nSPS) is 11.9. The van der Waals surface area contributed by atoms with Crippen molar-refractivity contribution in [3.63, 3.8) is 0 Å². The van der Waals surface area contributed by atoms with Gasteiger partial charge in [0.2, 0.25) is 5.88 Å². The van der Waals surface area contributed by atoms with E-state index in [2.05, 4.69) is 9.72 Å². The van der Waals surface area contributed by atoms with E-state index in [0.29, 0.717) is 11.3 Å². The third-order valence-electron chi connectivity index (χ3n) is 2.04. The predicted octanol–water partition coefficient (Wildman–Crippen LogP) is 2.64. The Bertz CT molecular complexity index is 377. The predicted molar refractivity (Wildman–Crippen MR) is 55.8 cm³/mol. The lowest BCUT2D eigenvalue weighted by atomic mass is 10.1. The minimum Gasteiger partial charge on any atom is -0.468 e. The van der Waals surface area contributed by atoms with Gasteiger partial charge in [0.25, 0.3) is 0 Å². The number of hydrogen-bond donors (Lipinski definition) is 1. The van der Waals surface area contributed by atoms with E-state index in [1.807, 2.05) is 13.8 Å². The molecule has 0 aliphatic heterocycles. The first-order valence-electron chi connectivity index (χ1n) is 5.13. The molecule has 0 unspecified atom stereocenters. The number of aliphatic hydroxyl groups is 1. The third kappa shape index (κ3) is 4.60. The van der Waals surface area contributed by atoms with Crippen molar-refractivity contribution < 1.29 is 23.0 Å². The van der Waals surface area contributed by atoms with Crippen LogP contribution < -0.4 is 4.74 Å². The van der Waals surface area contributed by atoms with Crippen LogP contribution in [0.1, 0.15) is 31.0 Å². The highest BCUT2D eigenvalue weighted by Gasteiger charge is 2.28. The van der Waals surface area contributed by atoms with Gasteiger partial charge in [0.05, 0.1) is 6.61 Å². The molecule has 0 saturated heterocycles. The van der Waals surface area contributed by atoms with E-state index >= 15 is 0 Å². The number of nitrogens with zero attached hydrogens (tertiary/aromatic N) is 1. The van der Waals surface area contributed by atoms with Crippen molar-refractivity contribution in [2.24, 2.45) is 0 Å². The fraction of sp³-hybridized carbons (Fsp3) is 0.545. The van der Waals surface area contributed by atoms with Crippen LogP contribution in [0.15, 0.2) is 12.1 Å². The van der Waals surface area contributed by atoms with Crippen LogP contribution >= 0.6 is 0 Å². The van der Waals surface area contributed by atoms with Gasteiger partial charge in [-0.2, -0.15) is 13.2 Å². The standard InChI is InChI=1S/C11H14F3NO2/c1-7(2)9-3-8(5-16)4-10(15-9)17-6-11(12,13)14/h3-4,7,16H,5-6H2,1-2H3. The topological polar surface area (TPSA) is 42.4 Å². The highest BCUT2D eigenvalue weighted by Crippen LogP contribution is 2.21. The first-order chi connectivity index (χ1) is 7.81. The molecule has 0 aliphatic carbocycles. The maximum absolute atomic E-state index is 12.0. The van der Waals surface area contributed by atoms with Gasteiger partial charge in [0.1, 0.15) is 0 Å². The van der Waals surface area contributed by atoms with E-state index in [0.717, 1.165) is 0 Å². The smallest absolute Gasteiger partial charge is 0.422 e. The van der Waals surface area contributed by atoms with Gasteiger partial charge in [0, 0.05) is 11.8 Å². The fourth-order valence-corrected chi connectivity index (χ4v) is 1.20. The summed E-state index contributed by atoms with van der Waals surface area (Å²) in [5.41, 5.74) is 1.08. The summed E-state index contributed by atoms with van der Waals surface area (Å²) in [4.78, 5) is 3.95. The minimum absolute atomic E-state index is 0.0507. The number of alkyl halides is 3. The molecule has 0 aliphatic rings. The monoisotopic (exact) mass is 249 g/mol. The second-order valence-corrected chi connectivity index (χ2v) is 3.96. The maximum Gasteiger partial charge on any atom is 0.422 e. The van der Waals surface area contributed by atoms with Crippen molar-refractivity contribution in [1.29, 1.82) is 0 Å². The van der Waals surface area contributed by atoms with Crippen molar-refractivity contribution in [3.05, 3.63) is 23.4 Å². The van der Waals surface area contributed by atoms with E-state index in [9.17, 15) is 13.2 Å². The Kier molecular flexibility index (Phi) is 4.34. The molecule has 0 radical (unpaired) electrons. The number of rotatable bonds is 4. The number of halogens is 3. The molecule has 0 aromatic carbocycles. The molecular formula is C11H14F3NO2. The van der Waals surface area contributed by atoms with Crippen LogP contribution in [0.3, 0.4) is 0 Å². The average molecular weight is 249 g/mol. The zero-order valence-corrected chi connectivity index (χ0v) is 9.58. The van der Waals surface area contributed by atoms with Crippen LogP contribution in [0, 0.1) is 0 Å². The second-order valence-electron chi connectivity index (χ2n) is 3.96. The summed E-state index contributed by atoms with van der Waals surface area (Å²) in [5.74, 6) is -0.0627. The van der Waals surface area contributed by atoms with Gasteiger partial charge in [-0.1, -0.05) is 13.8 Å². The van der Waals surface area contributed by atoms with E-state index in [4.69, 9.17) is 5.11 Å². The average Bonchev–Trinajstić information content (AvgIpc) is 2.25. The molecule has 6 heteroatoms. The van der Waals surface area contributed by atoms with Crippen molar-refractivity contribution in [1.82, 2.24) is 4.98 Å². The van der Waals surface area contributed by atoms with Gasteiger partial charge < -0.3 is 9.84 Å². The fourth-order valence-electron chi connectivity index (χ4n) is 1.20. The van der Waals surface area contributed by atoms with Crippen LogP contribution in [-0.2, 0) is 6.61 Å². The van der Waals surface area contributed by atoms with Crippen LogP contribution in [-0.4, -0.2) is 22.9 Å². The molecule has 1 N–H and O–H groups in total. The van der Waals surface area contributed by atoms with Crippen molar-refractivity contribution in [3.8, 4) is 5.88 Å². The molecule has 96 valence electrons. The maximum atomic E-state index is 12.0. The lowest BCUT2D eigenvalue weighted by molar-refractivity contribution is -0.154. The summed E-state index contributed by atoms with van der Waals surface area (Å²) in [7, 11) is 0. The molecule has 0 fully saturated rings. The molecule has 0 amide bonds. The minimum atomic E-state index is -4.39. The van der Waals surface area contributed by atoms with Crippen molar-refractivity contribution >= 4 is 0 Å². The van der Waals surface area contributed by atoms with Gasteiger partial charge in [-0.15, -0.1) is 0 Å². The molecule has 0 bridgehead atoms. The van der Waals surface area contributed by atoms with E-state index in [1.165, 1.54) is 6.07 Å². The van der Waals surface area contributed by atoms with Crippen LogP contribution in [0.4, 0.5) is 13.2 Å². The van der Waals surface area contributed by atoms with Crippen LogP contribution in [0.25, 0.3) is 0 Å². The SMILES string of the molecule is CC(C)c1cc(CO)cc(OCC(F)(F)F)n1. The highest BCUT2D eigenvalue weighted by molar-refractivity contribution is 5.26. The summed E-state index contributed by atoms with van der Waals surface area (Å²) in [6, 6.07) is 2.95. The van der Waals surface area contributed by atoms with Gasteiger partial charge in [-0.05, 0) is 17.5 Å².